The van der Waals surface area contributed by atoms with Crippen LogP contribution in [0.2, 0.25) is 0 Å². The van der Waals surface area contributed by atoms with Gasteiger partial charge in [0, 0.05) is 38.9 Å². The minimum absolute atomic E-state index is 0.0319. The van der Waals surface area contributed by atoms with E-state index >= 15 is 0 Å². The smallest absolute Gasteiger partial charge is 0.227 e. The van der Waals surface area contributed by atoms with E-state index in [0.29, 0.717) is 43.6 Å². The Morgan fingerprint density at radius 3 is 2.82 bits per heavy atom. The summed E-state index contributed by atoms with van der Waals surface area (Å²) < 4.78 is 6.89. The number of carbonyl (C=O) groups excluding carboxylic acids is 2. The standard InChI is InChI=1S/C23H29N7O3S/c1-3-34-23-27-20(24-10-12-33-2)18-14-26-30(21(18)28-23)11-9-25-22(32)16-13-19(31)29(15-16)17-7-5-4-6-8-17/h4-8,14,16H,3,9-13,15H2,1-2H3,(H,25,32)(H,24,27,28). The van der Waals surface area contributed by atoms with E-state index in [-0.39, 0.29) is 24.2 Å². The van der Waals surface area contributed by atoms with Gasteiger partial charge in [-0.25, -0.2) is 14.6 Å². The van der Waals surface area contributed by atoms with Crippen molar-refractivity contribution < 1.29 is 14.3 Å². The SMILES string of the molecule is CCSc1nc(NCCOC)c2cnn(CCNC(=O)C3CC(=O)N(c4ccccc4)C3)c2n1. The maximum Gasteiger partial charge on any atom is 0.227 e. The molecule has 0 aliphatic carbocycles. The molecular formula is C23H29N7O3S. The topological polar surface area (TPSA) is 114 Å². The number of methoxy groups -OCH3 is 1. The first-order valence-corrected chi connectivity index (χ1v) is 12.3. The molecule has 180 valence electrons. The van der Waals surface area contributed by atoms with Crippen LogP contribution in [0.3, 0.4) is 0 Å². The van der Waals surface area contributed by atoms with E-state index in [9.17, 15) is 9.59 Å². The van der Waals surface area contributed by atoms with E-state index in [1.54, 1.807) is 34.7 Å². The molecule has 0 radical (unpaired) electrons. The van der Waals surface area contributed by atoms with Crippen molar-refractivity contribution in [1.82, 2.24) is 25.1 Å². The van der Waals surface area contributed by atoms with Crippen LogP contribution in [0, 0.1) is 5.92 Å². The van der Waals surface area contributed by atoms with Crippen molar-refractivity contribution >= 4 is 46.1 Å². The first-order chi connectivity index (χ1) is 16.6. The fraction of sp³-hybridized carbons (Fsp3) is 0.435. The quantitative estimate of drug-likeness (QED) is 0.242. The molecule has 1 fully saturated rings. The highest BCUT2D eigenvalue weighted by Crippen LogP contribution is 2.26. The minimum atomic E-state index is -0.367. The molecule has 0 bridgehead atoms. The van der Waals surface area contributed by atoms with Crippen LogP contribution in [0.25, 0.3) is 11.0 Å². The molecule has 3 aromatic rings. The molecule has 1 aliphatic rings. The Morgan fingerprint density at radius 1 is 1.24 bits per heavy atom. The molecule has 2 amide bonds. The van der Waals surface area contributed by atoms with Crippen LogP contribution < -0.4 is 15.5 Å². The molecule has 1 aliphatic heterocycles. The third-order valence-corrected chi connectivity index (χ3v) is 6.26. The summed E-state index contributed by atoms with van der Waals surface area (Å²) >= 11 is 1.56. The van der Waals surface area contributed by atoms with Gasteiger partial charge in [0.1, 0.15) is 5.82 Å². The van der Waals surface area contributed by atoms with E-state index in [2.05, 4.69) is 32.6 Å². The molecule has 0 spiro atoms. The van der Waals surface area contributed by atoms with Gasteiger partial charge in [-0.2, -0.15) is 5.10 Å². The zero-order valence-electron chi connectivity index (χ0n) is 19.4. The summed E-state index contributed by atoms with van der Waals surface area (Å²) in [7, 11) is 1.66. The number of amides is 2. The van der Waals surface area contributed by atoms with Crippen molar-refractivity contribution in [2.45, 2.75) is 25.0 Å². The molecular weight excluding hydrogens is 454 g/mol. The summed E-state index contributed by atoms with van der Waals surface area (Å²) in [5, 5.41) is 12.2. The largest absolute Gasteiger partial charge is 0.383 e. The zero-order chi connectivity index (χ0) is 23.9. The molecule has 34 heavy (non-hydrogen) atoms. The van der Waals surface area contributed by atoms with Crippen LogP contribution in [-0.2, 0) is 20.9 Å². The van der Waals surface area contributed by atoms with E-state index in [1.807, 2.05) is 30.3 Å². The second-order valence-corrected chi connectivity index (χ2v) is 9.08. The Labute approximate surface area is 202 Å². The number of fused-ring (bicyclic) bond motifs is 1. The van der Waals surface area contributed by atoms with Crippen molar-refractivity contribution in [3.05, 3.63) is 36.5 Å². The lowest BCUT2D eigenvalue weighted by Crippen LogP contribution is -2.35. The number of aromatic nitrogens is 4. The predicted octanol–water partition coefficient (Wildman–Crippen LogP) is 2.17. The Kier molecular flexibility index (Phi) is 7.96. The monoisotopic (exact) mass is 483 g/mol. The van der Waals surface area contributed by atoms with Gasteiger partial charge in [0.25, 0.3) is 0 Å². The number of carbonyl (C=O) groups is 2. The molecule has 11 heteroatoms. The summed E-state index contributed by atoms with van der Waals surface area (Å²) in [4.78, 5) is 36.1. The summed E-state index contributed by atoms with van der Waals surface area (Å²) in [5.74, 6) is 1.05. The number of nitrogens with zero attached hydrogens (tertiary/aromatic N) is 5. The molecule has 4 rings (SSSR count). The number of anilines is 2. The number of rotatable bonds is 11. The van der Waals surface area contributed by atoms with Gasteiger partial charge < -0.3 is 20.3 Å². The minimum Gasteiger partial charge on any atom is -0.383 e. The number of para-hydroxylation sites is 1. The highest BCUT2D eigenvalue weighted by molar-refractivity contribution is 7.99. The fourth-order valence-electron chi connectivity index (χ4n) is 3.87. The molecule has 1 saturated heterocycles. The maximum atomic E-state index is 12.7. The van der Waals surface area contributed by atoms with E-state index < -0.39 is 0 Å². The van der Waals surface area contributed by atoms with Crippen LogP contribution in [0.5, 0.6) is 0 Å². The van der Waals surface area contributed by atoms with Gasteiger partial charge >= 0.3 is 0 Å². The van der Waals surface area contributed by atoms with Crippen LogP contribution in [-0.4, -0.2) is 70.7 Å². The molecule has 1 atom stereocenters. The summed E-state index contributed by atoms with van der Waals surface area (Å²) in [6, 6.07) is 9.44. The molecule has 10 nitrogen and oxygen atoms in total. The lowest BCUT2D eigenvalue weighted by Gasteiger charge is -2.16. The number of hydrogen-bond acceptors (Lipinski definition) is 8. The summed E-state index contributed by atoms with van der Waals surface area (Å²) in [5.41, 5.74) is 1.53. The van der Waals surface area contributed by atoms with Crippen LogP contribution >= 0.6 is 11.8 Å². The van der Waals surface area contributed by atoms with E-state index in [4.69, 9.17) is 4.74 Å². The molecule has 0 saturated carbocycles. The third-order valence-electron chi connectivity index (χ3n) is 5.53. The Balaban J connectivity index is 1.38. The van der Waals surface area contributed by atoms with Crippen molar-refractivity contribution in [3.63, 3.8) is 0 Å². The van der Waals surface area contributed by atoms with Gasteiger partial charge in [-0.05, 0) is 17.9 Å². The summed E-state index contributed by atoms with van der Waals surface area (Å²) in [6.45, 7) is 4.48. The van der Waals surface area contributed by atoms with Gasteiger partial charge in [-0.3, -0.25) is 9.59 Å². The highest BCUT2D eigenvalue weighted by Gasteiger charge is 2.34. The number of benzene rings is 1. The average Bonchev–Trinajstić information content (AvgIpc) is 3.44. The number of thioether (sulfide) groups is 1. The Bertz CT molecular complexity index is 1140. The molecule has 2 aromatic heterocycles. The number of hydrogen-bond donors (Lipinski definition) is 2. The van der Waals surface area contributed by atoms with Crippen molar-refractivity contribution in [1.29, 1.82) is 0 Å². The lowest BCUT2D eigenvalue weighted by molar-refractivity contribution is -0.126. The third kappa shape index (κ3) is 5.48. The normalized spacial score (nSPS) is 15.8. The average molecular weight is 484 g/mol. The summed E-state index contributed by atoms with van der Waals surface area (Å²) in [6.07, 6.45) is 1.95. The van der Waals surface area contributed by atoms with Gasteiger partial charge in [0.15, 0.2) is 10.8 Å². The van der Waals surface area contributed by atoms with Crippen LogP contribution in [0.1, 0.15) is 13.3 Å². The van der Waals surface area contributed by atoms with Crippen molar-refractivity contribution in [2.24, 2.45) is 5.92 Å². The van der Waals surface area contributed by atoms with Gasteiger partial charge in [0.05, 0.1) is 30.7 Å². The first-order valence-electron chi connectivity index (χ1n) is 11.3. The highest BCUT2D eigenvalue weighted by atomic mass is 32.2. The van der Waals surface area contributed by atoms with Crippen LogP contribution in [0.15, 0.2) is 41.7 Å². The maximum absolute atomic E-state index is 12.7. The Morgan fingerprint density at radius 2 is 2.06 bits per heavy atom. The number of nitrogens with one attached hydrogen (secondary N) is 2. The lowest BCUT2D eigenvalue weighted by atomic mass is 10.1. The predicted molar refractivity (Wildman–Crippen MR) is 132 cm³/mol. The zero-order valence-corrected chi connectivity index (χ0v) is 20.2. The second-order valence-electron chi connectivity index (χ2n) is 7.84. The fourth-order valence-corrected chi connectivity index (χ4v) is 4.43. The van der Waals surface area contributed by atoms with Crippen molar-refractivity contribution in [2.75, 3.05) is 49.3 Å². The van der Waals surface area contributed by atoms with Gasteiger partial charge in [-0.15, -0.1) is 0 Å². The molecule has 3 heterocycles. The Hall–Kier alpha value is -3.18. The molecule has 1 unspecified atom stereocenters. The molecule has 2 N–H and O–H groups in total. The van der Waals surface area contributed by atoms with Crippen LogP contribution in [0.4, 0.5) is 11.5 Å². The number of ether oxygens (including phenoxy) is 1. The van der Waals surface area contributed by atoms with Gasteiger partial charge in [-0.1, -0.05) is 36.9 Å². The molecule has 1 aromatic carbocycles. The van der Waals surface area contributed by atoms with E-state index in [0.717, 1.165) is 22.6 Å². The van der Waals surface area contributed by atoms with Crippen molar-refractivity contribution in [3.8, 4) is 0 Å². The van der Waals surface area contributed by atoms with E-state index in [1.165, 1.54) is 0 Å². The first kappa shape index (κ1) is 24.0. The van der Waals surface area contributed by atoms with Gasteiger partial charge in [0.2, 0.25) is 11.8 Å². The second kappa shape index (κ2) is 11.3.